The Morgan fingerprint density at radius 2 is 1.74 bits per heavy atom. The van der Waals surface area contributed by atoms with Crippen molar-refractivity contribution in [1.29, 1.82) is 0 Å². The molecule has 1 amide bonds. The Labute approximate surface area is 177 Å². The number of amides is 1. The van der Waals surface area contributed by atoms with Crippen molar-refractivity contribution in [3.8, 4) is 5.75 Å². The lowest BCUT2D eigenvalue weighted by Gasteiger charge is -2.25. The molecular formula is C22H20N2O7. The van der Waals surface area contributed by atoms with Crippen molar-refractivity contribution < 1.29 is 29.2 Å². The van der Waals surface area contributed by atoms with Crippen LogP contribution in [0.5, 0.6) is 5.75 Å². The molecule has 31 heavy (non-hydrogen) atoms. The summed E-state index contributed by atoms with van der Waals surface area (Å²) < 4.78 is 5.02. The molecule has 0 radical (unpaired) electrons. The molecule has 3 rings (SSSR count). The van der Waals surface area contributed by atoms with Gasteiger partial charge in [-0.15, -0.1) is 0 Å². The highest BCUT2D eigenvalue weighted by Crippen LogP contribution is 2.40. The summed E-state index contributed by atoms with van der Waals surface area (Å²) in [5, 5.41) is 21.7. The molecule has 1 saturated heterocycles. The maximum Gasteiger partial charge on any atom is 0.308 e. The number of aliphatic hydroxyl groups is 1. The molecular weight excluding hydrogens is 404 g/mol. The second kappa shape index (κ2) is 8.78. The van der Waals surface area contributed by atoms with Crippen molar-refractivity contribution in [1.82, 2.24) is 4.90 Å². The van der Waals surface area contributed by atoms with E-state index in [1.807, 2.05) is 6.92 Å². The molecule has 1 aliphatic heterocycles. The highest BCUT2D eigenvalue weighted by Gasteiger charge is 2.45. The van der Waals surface area contributed by atoms with E-state index in [2.05, 4.69) is 0 Å². The average molecular weight is 424 g/mol. The van der Waals surface area contributed by atoms with E-state index in [0.29, 0.717) is 17.7 Å². The van der Waals surface area contributed by atoms with Gasteiger partial charge in [-0.05, 0) is 36.2 Å². The van der Waals surface area contributed by atoms with Gasteiger partial charge < -0.3 is 14.7 Å². The van der Waals surface area contributed by atoms with E-state index in [9.17, 15) is 29.6 Å². The summed E-state index contributed by atoms with van der Waals surface area (Å²) in [6.45, 7) is 3.42. The first-order valence-electron chi connectivity index (χ1n) is 9.56. The monoisotopic (exact) mass is 424 g/mol. The van der Waals surface area contributed by atoms with Crippen LogP contribution in [-0.2, 0) is 14.4 Å². The van der Waals surface area contributed by atoms with E-state index in [0.717, 1.165) is 0 Å². The topological polar surface area (TPSA) is 127 Å². The van der Waals surface area contributed by atoms with Crippen molar-refractivity contribution >= 4 is 29.1 Å². The largest absolute Gasteiger partial charge is 0.507 e. The van der Waals surface area contributed by atoms with Gasteiger partial charge in [0.05, 0.1) is 16.5 Å². The van der Waals surface area contributed by atoms with Crippen LogP contribution in [-0.4, -0.2) is 39.1 Å². The number of likely N-dealkylation sites (tertiary alicyclic amines) is 1. The molecule has 9 nitrogen and oxygen atoms in total. The fourth-order valence-electron chi connectivity index (χ4n) is 3.48. The summed E-state index contributed by atoms with van der Waals surface area (Å²) in [5.41, 5.74) is 0.460. The molecule has 1 N–H and O–H groups in total. The third-order valence-electron chi connectivity index (χ3n) is 4.81. The first-order chi connectivity index (χ1) is 14.7. The van der Waals surface area contributed by atoms with Gasteiger partial charge in [0.2, 0.25) is 0 Å². The van der Waals surface area contributed by atoms with Gasteiger partial charge >= 0.3 is 5.97 Å². The van der Waals surface area contributed by atoms with Crippen LogP contribution >= 0.6 is 0 Å². The lowest BCUT2D eigenvalue weighted by molar-refractivity contribution is -0.384. The molecule has 0 aromatic heterocycles. The maximum atomic E-state index is 12.8. The van der Waals surface area contributed by atoms with Crippen molar-refractivity contribution in [2.24, 2.45) is 0 Å². The molecule has 1 unspecified atom stereocenters. The van der Waals surface area contributed by atoms with Crippen LogP contribution in [0.25, 0.3) is 5.76 Å². The number of carbonyl (C=O) groups is 3. The van der Waals surface area contributed by atoms with Gasteiger partial charge in [0.25, 0.3) is 17.4 Å². The van der Waals surface area contributed by atoms with Gasteiger partial charge in [-0.2, -0.15) is 0 Å². The van der Waals surface area contributed by atoms with Crippen LogP contribution in [0.3, 0.4) is 0 Å². The predicted octanol–water partition coefficient (Wildman–Crippen LogP) is 3.35. The fourth-order valence-corrected chi connectivity index (χ4v) is 3.48. The number of Topliss-reactive ketones (excluding diaryl/α,β-unsaturated/α-hetero) is 1. The van der Waals surface area contributed by atoms with Gasteiger partial charge in [0.1, 0.15) is 11.5 Å². The van der Waals surface area contributed by atoms with Crippen LogP contribution in [0.2, 0.25) is 0 Å². The zero-order valence-corrected chi connectivity index (χ0v) is 16.9. The van der Waals surface area contributed by atoms with Crippen LogP contribution in [0.15, 0.2) is 54.1 Å². The molecule has 1 atom stereocenters. The Morgan fingerprint density at radius 1 is 1.13 bits per heavy atom. The first-order valence-corrected chi connectivity index (χ1v) is 9.56. The Balaban J connectivity index is 2.10. The standard InChI is InChI=1S/C22H20N2O7/c1-3-12-23-19(14-6-10-17(11-7-14)31-13(2)25)18(21(27)22(23)28)20(26)15-4-8-16(9-5-15)24(29)30/h4-11,19,26H,3,12H2,1-2H3/b20-18-. The Kier molecular flexibility index (Phi) is 6.15. The zero-order chi connectivity index (χ0) is 22.7. The summed E-state index contributed by atoms with van der Waals surface area (Å²) in [6, 6.07) is 10.5. The fraction of sp³-hybridized carbons (Fsp3) is 0.227. The molecule has 2 aromatic rings. The highest BCUT2D eigenvalue weighted by molar-refractivity contribution is 6.46. The number of hydrogen-bond acceptors (Lipinski definition) is 7. The van der Waals surface area contributed by atoms with Crippen LogP contribution in [0, 0.1) is 10.1 Å². The Bertz CT molecular complexity index is 1070. The van der Waals surface area contributed by atoms with Crippen molar-refractivity contribution in [3.63, 3.8) is 0 Å². The molecule has 0 aliphatic carbocycles. The second-order valence-electron chi connectivity index (χ2n) is 6.96. The molecule has 2 aromatic carbocycles. The number of aliphatic hydroxyl groups excluding tert-OH is 1. The Morgan fingerprint density at radius 3 is 2.26 bits per heavy atom. The third kappa shape index (κ3) is 4.30. The molecule has 1 heterocycles. The van der Waals surface area contributed by atoms with Crippen molar-refractivity contribution in [3.05, 3.63) is 75.3 Å². The number of carbonyl (C=O) groups excluding carboxylic acids is 3. The zero-order valence-electron chi connectivity index (χ0n) is 16.9. The van der Waals surface area contributed by atoms with E-state index >= 15 is 0 Å². The number of hydrogen-bond donors (Lipinski definition) is 1. The molecule has 0 bridgehead atoms. The predicted molar refractivity (Wildman–Crippen MR) is 110 cm³/mol. The lowest BCUT2D eigenvalue weighted by atomic mass is 9.95. The van der Waals surface area contributed by atoms with Crippen LogP contribution < -0.4 is 4.74 Å². The van der Waals surface area contributed by atoms with E-state index in [1.165, 1.54) is 48.2 Å². The maximum absolute atomic E-state index is 12.8. The number of esters is 1. The molecule has 160 valence electrons. The normalized spacial score (nSPS) is 17.6. The van der Waals surface area contributed by atoms with Gasteiger partial charge in [-0.1, -0.05) is 19.1 Å². The first kappa shape index (κ1) is 21.7. The van der Waals surface area contributed by atoms with Crippen LogP contribution in [0.4, 0.5) is 5.69 Å². The van der Waals surface area contributed by atoms with Crippen molar-refractivity contribution in [2.45, 2.75) is 26.3 Å². The number of ether oxygens (including phenoxy) is 1. The highest BCUT2D eigenvalue weighted by atomic mass is 16.6. The van der Waals surface area contributed by atoms with E-state index in [1.54, 1.807) is 12.1 Å². The smallest absolute Gasteiger partial charge is 0.308 e. The molecule has 9 heteroatoms. The number of rotatable bonds is 6. The molecule has 1 fully saturated rings. The van der Waals surface area contributed by atoms with Gasteiger partial charge in [-0.25, -0.2) is 0 Å². The van der Waals surface area contributed by atoms with Crippen LogP contribution in [0.1, 0.15) is 37.4 Å². The number of nitro groups is 1. The minimum atomic E-state index is -0.846. The number of benzene rings is 2. The van der Waals surface area contributed by atoms with E-state index in [4.69, 9.17) is 4.74 Å². The Hall–Kier alpha value is -4.01. The van der Waals surface area contributed by atoms with E-state index < -0.39 is 34.4 Å². The quantitative estimate of drug-likeness (QED) is 0.143. The average Bonchev–Trinajstić information content (AvgIpc) is 2.99. The van der Waals surface area contributed by atoms with Gasteiger partial charge in [-0.3, -0.25) is 24.5 Å². The van der Waals surface area contributed by atoms with Gasteiger partial charge in [0, 0.05) is 31.2 Å². The summed E-state index contributed by atoms with van der Waals surface area (Å²) in [6.07, 6.45) is 0.590. The molecule has 0 spiro atoms. The molecule has 1 aliphatic rings. The lowest BCUT2D eigenvalue weighted by Crippen LogP contribution is -2.30. The summed E-state index contributed by atoms with van der Waals surface area (Å²) in [7, 11) is 0. The van der Waals surface area contributed by atoms with E-state index in [-0.39, 0.29) is 23.4 Å². The number of nitrogens with zero attached hydrogens (tertiary/aromatic N) is 2. The minimum absolute atomic E-state index is 0.104. The molecule has 0 saturated carbocycles. The second-order valence-corrected chi connectivity index (χ2v) is 6.96. The number of ketones is 1. The summed E-state index contributed by atoms with van der Waals surface area (Å²) in [5.74, 6) is -2.17. The van der Waals surface area contributed by atoms with Crippen molar-refractivity contribution in [2.75, 3.05) is 6.54 Å². The minimum Gasteiger partial charge on any atom is -0.507 e. The summed E-state index contributed by atoms with van der Waals surface area (Å²) >= 11 is 0. The number of non-ortho nitro benzene ring substituents is 1. The summed E-state index contributed by atoms with van der Waals surface area (Å²) in [4.78, 5) is 48.3. The SMILES string of the molecule is CCCN1C(=O)C(=O)/C(=C(\O)c2ccc([N+](=O)[O-])cc2)C1c1ccc(OC(C)=O)cc1. The van der Waals surface area contributed by atoms with Gasteiger partial charge in [0.15, 0.2) is 0 Å². The number of nitro benzene ring substituents is 1. The third-order valence-corrected chi connectivity index (χ3v) is 4.81.